The van der Waals surface area contributed by atoms with Crippen molar-refractivity contribution in [2.24, 2.45) is 0 Å². The van der Waals surface area contributed by atoms with Crippen LogP contribution in [0.3, 0.4) is 0 Å². The molecular formula is C29H37BrN6O. The van der Waals surface area contributed by atoms with E-state index in [0.29, 0.717) is 12.5 Å². The first kappa shape index (κ1) is 28.3. The highest BCUT2D eigenvalue weighted by molar-refractivity contribution is 9.10. The normalized spacial score (nSPS) is 15.2. The molecule has 1 saturated heterocycles. The summed E-state index contributed by atoms with van der Waals surface area (Å²) in [5, 5.41) is 8.04. The molecule has 4 heterocycles. The summed E-state index contributed by atoms with van der Waals surface area (Å²) in [6.45, 7) is 13.7. The van der Waals surface area contributed by atoms with Gasteiger partial charge in [-0.1, -0.05) is 32.0 Å². The van der Waals surface area contributed by atoms with E-state index in [1.54, 1.807) is 19.5 Å². The van der Waals surface area contributed by atoms with Crippen molar-refractivity contribution in [3.63, 3.8) is 0 Å². The number of rotatable bonds is 7. The van der Waals surface area contributed by atoms with Gasteiger partial charge in [-0.05, 0) is 64.6 Å². The van der Waals surface area contributed by atoms with E-state index in [1.165, 1.54) is 5.56 Å². The molecule has 1 fully saturated rings. The van der Waals surface area contributed by atoms with Crippen molar-refractivity contribution in [3.05, 3.63) is 95.5 Å². The van der Waals surface area contributed by atoms with Crippen molar-refractivity contribution in [2.75, 3.05) is 25.5 Å². The number of aromatic nitrogens is 4. The largest absolute Gasteiger partial charge is 0.497 e. The summed E-state index contributed by atoms with van der Waals surface area (Å²) in [5.41, 5.74) is 4.38. The molecule has 0 bridgehead atoms. The van der Waals surface area contributed by atoms with Crippen molar-refractivity contribution < 1.29 is 4.74 Å². The number of halogens is 1. The van der Waals surface area contributed by atoms with E-state index in [4.69, 9.17) is 9.72 Å². The zero-order valence-electron chi connectivity index (χ0n) is 22.0. The lowest BCUT2D eigenvalue weighted by molar-refractivity contribution is 0.198. The first-order valence-corrected chi connectivity index (χ1v) is 13.5. The lowest BCUT2D eigenvalue weighted by Crippen LogP contribution is -2.34. The molecule has 0 aliphatic carbocycles. The molecule has 1 N–H and O–H groups in total. The van der Waals surface area contributed by atoms with Gasteiger partial charge in [0.25, 0.3) is 0 Å². The van der Waals surface area contributed by atoms with Gasteiger partial charge in [-0.3, -0.25) is 9.88 Å². The van der Waals surface area contributed by atoms with Crippen LogP contribution in [0.2, 0.25) is 0 Å². The molecule has 1 atom stereocenters. The molecule has 4 aromatic rings. The Labute approximate surface area is 228 Å². The van der Waals surface area contributed by atoms with Gasteiger partial charge in [-0.15, -0.1) is 13.2 Å². The molecule has 1 unspecified atom stereocenters. The van der Waals surface area contributed by atoms with Gasteiger partial charge in [0.1, 0.15) is 11.6 Å². The van der Waals surface area contributed by atoms with E-state index >= 15 is 0 Å². The number of methoxy groups -OCH3 is 1. The highest BCUT2D eigenvalue weighted by atomic mass is 79.9. The maximum Gasteiger partial charge on any atom is 0.171 e. The van der Waals surface area contributed by atoms with Gasteiger partial charge in [0.15, 0.2) is 5.65 Å². The second-order valence-electron chi connectivity index (χ2n) is 8.43. The molecule has 1 aliphatic rings. The Bertz CT molecular complexity index is 1230. The number of nitrogens with one attached hydrogen (secondary N) is 1. The molecule has 8 heteroatoms. The van der Waals surface area contributed by atoms with Gasteiger partial charge in [-0.25, -0.2) is 4.98 Å². The van der Waals surface area contributed by atoms with Gasteiger partial charge in [0.05, 0.1) is 23.5 Å². The molecule has 1 aromatic carbocycles. The Balaban J connectivity index is 0.000000907. The minimum atomic E-state index is 0.378. The lowest BCUT2D eigenvalue weighted by atomic mass is 9.94. The van der Waals surface area contributed by atoms with Crippen LogP contribution in [0.4, 0.5) is 5.82 Å². The molecule has 196 valence electrons. The van der Waals surface area contributed by atoms with Crippen molar-refractivity contribution in [1.29, 1.82) is 0 Å². The number of nitrogens with zero attached hydrogens (tertiary/aromatic N) is 5. The molecule has 0 spiro atoms. The second-order valence-corrected chi connectivity index (χ2v) is 9.29. The number of hydrogen-bond donors (Lipinski definition) is 1. The molecule has 5 rings (SSSR count). The second kappa shape index (κ2) is 14.5. The van der Waals surface area contributed by atoms with Crippen molar-refractivity contribution in [1.82, 2.24) is 24.5 Å². The summed E-state index contributed by atoms with van der Waals surface area (Å²) in [6, 6.07) is 14.5. The third-order valence-corrected chi connectivity index (χ3v) is 6.69. The Kier molecular flexibility index (Phi) is 11.1. The number of pyridine rings is 1. The van der Waals surface area contributed by atoms with Crippen LogP contribution in [0.15, 0.2) is 78.7 Å². The maximum absolute atomic E-state index is 5.29. The first-order valence-electron chi connectivity index (χ1n) is 12.7. The van der Waals surface area contributed by atoms with E-state index in [1.807, 2.05) is 42.8 Å². The van der Waals surface area contributed by atoms with Gasteiger partial charge >= 0.3 is 0 Å². The molecule has 0 saturated carbocycles. The third-order valence-electron chi connectivity index (χ3n) is 6.13. The minimum absolute atomic E-state index is 0.378. The van der Waals surface area contributed by atoms with Crippen LogP contribution in [0, 0.1) is 0 Å². The van der Waals surface area contributed by atoms with Crippen LogP contribution in [0.5, 0.6) is 5.75 Å². The van der Waals surface area contributed by atoms with Crippen LogP contribution in [-0.4, -0.2) is 44.7 Å². The number of benzene rings is 1. The average Bonchev–Trinajstić information content (AvgIpc) is 3.35. The predicted octanol–water partition coefficient (Wildman–Crippen LogP) is 6.72. The number of piperidine rings is 1. The van der Waals surface area contributed by atoms with Crippen LogP contribution >= 0.6 is 15.9 Å². The number of hydrogen-bond acceptors (Lipinski definition) is 6. The zero-order valence-corrected chi connectivity index (χ0v) is 23.6. The number of ether oxygens (including phenoxy) is 1. The molecule has 0 amide bonds. The number of fused-ring (bicyclic) bond motifs is 1. The van der Waals surface area contributed by atoms with E-state index in [0.717, 1.165) is 65.4 Å². The fraction of sp³-hybridized carbons (Fsp3) is 0.345. The monoisotopic (exact) mass is 564 g/mol. The molecule has 0 radical (unpaired) electrons. The van der Waals surface area contributed by atoms with Gasteiger partial charge in [0, 0.05) is 44.0 Å². The molecular weight excluding hydrogens is 528 g/mol. The van der Waals surface area contributed by atoms with Crippen molar-refractivity contribution in [3.8, 4) is 5.75 Å². The topological polar surface area (TPSA) is 67.6 Å². The summed E-state index contributed by atoms with van der Waals surface area (Å²) in [6.07, 6.45) is 7.77. The summed E-state index contributed by atoms with van der Waals surface area (Å²) in [4.78, 5) is 11.7. The summed E-state index contributed by atoms with van der Waals surface area (Å²) in [7, 11) is 1.70. The van der Waals surface area contributed by atoms with Crippen LogP contribution in [-0.2, 0) is 13.1 Å². The van der Waals surface area contributed by atoms with Gasteiger partial charge in [0.2, 0.25) is 0 Å². The lowest BCUT2D eigenvalue weighted by Gasteiger charge is -2.32. The minimum Gasteiger partial charge on any atom is -0.497 e. The van der Waals surface area contributed by atoms with Crippen molar-refractivity contribution in [2.45, 2.75) is 45.7 Å². The maximum atomic E-state index is 5.29. The fourth-order valence-electron chi connectivity index (χ4n) is 4.41. The van der Waals surface area contributed by atoms with Gasteiger partial charge in [-0.2, -0.15) is 9.61 Å². The quantitative estimate of drug-likeness (QED) is 0.251. The van der Waals surface area contributed by atoms with E-state index in [2.05, 4.69) is 73.7 Å². The zero-order chi connectivity index (χ0) is 26.6. The fourth-order valence-corrected chi connectivity index (χ4v) is 4.76. The van der Waals surface area contributed by atoms with E-state index in [-0.39, 0.29) is 0 Å². The van der Waals surface area contributed by atoms with Crippen LogP contribution < -0.4 is 10.1 Å². The molecule has 7 nitrogen and oxygen atoms in total. The van der Waals surface area contributed by atoms with Crippen LogP contribution in [0.25, 0.3) is 5.65 Å². The smallest absolute Gasteiger partial charge is 0.171 e. The molecule has 37 heavy (non-hydrogen) atoms. The van der Waals surface area contributed by atoms with E-state index < -0.39 is 0 Å². The van der Waals surface area contributed by atoms with Crippen molar-refractivity contribution >= 4 is 27.4 Å². The summed E-state index contributed by atoms with van der Waals surface area (Å²) in [5.74, 6) is 2.21. The average molecular weight is 566 g/mol. The summed E-state index contributed by atoms with van der Waals surface area (Å²) >= 11 is 3.62. The molecule has 3 aromatic heterocycles. The SMILES string of the molecule is C=C.CC.COc1ccc(CN2CCCC(c3cc(NCc4cccnc4)n4ncc(Br)c4n3)C2)cc1. The number of anilines is 1. The predicted molar refractivity (Wildman–Crippen MR) is 155 cm³/mol. The molecule has 1 aliphatic heterocycles. The highest BCUT2D eigenvalue weighted by Crippen LogP contribution is 2.30. The number of likely N-dealkylation sites (tertiary alicyclic amines) is 1. The van der Waals surface area contributed by atoms with E-state index in [9.17, 15) is 0 Å². The van der Waals surface area contributed by atoms with Gasteiger partial charge < -0.3 is 10.1 Å². The van der Waals surface area contributed by atoms with Crippen LogP contribution in [0.1, 0.15) is 49.4 Å². The first-order chi connectivity index (χ1) is 18.2. The standard InChI is InChI=1S/C25H27BrN6O.C2H6.C2H4/c1-33-21-8-6-18(7-9-21)16-31-11-3-5-20(17-31)23-12-24(28-14-19-4-2-10-27-13-19)32-25(30-23)22(26)15-29-32;2*1-2/h2,4,6-10,12-13,15,20,28H,3,5,11,14,16-17H2,1H3;1-2H3;1-2H2. The highest BCUT2D eigenvalue weighted by Gasteiger charge is 2.24. The Morgan fingerprint density at radius 3 is 2.59 bits per heavy atom. The Hall–Kier alpha value is -3.23. The Morgan fingerprint density at radius 2 is 1.89 bits per heavy atom. The Morgan fingerprint density at radius 1 is 1.11 bits per heavy atom. The summed E-state index contributed by atoms with van der Waals surface area (Å²) < 4.78 is 8.05. The third kappa shape index (κ3) is 7.40.